The number of benzene rings is 2. The van der Waals surface area contributed by atoms with Crippen molar-refractivity contribution in [3.05, 3.63) is 76.8 Å². The lowest BCUT2D eigenvalue weighted by atomic mass is 10.2. The van der Waals surface area contributed by atoms with Gasteiger partial charge in [-0.1, -0.05) is 42.5 Å². The van der Waals surface area contributed by atoms with Crippen LogP contribution in [0.5, 0.6) is 5.75 Å². The third-order valence-corrected chi connectivity index (χ3v) is 2.46. The van der Waals surface area contributed by atoms with Crippen LogP contribution in [0.15, 0.2) is 66.0 Å². The number of rotatable bonds is 5. The molecule has 90 valence electrons. The molecule has 3 heteroatoms. The van der Waals surface area contributed by atoms with Crippen LogP contribution in [0.3, 0.4) is 0 Å². The summed E-state index contributed by atoms with van der Waals surface area (Å²) >= 11 is 0. The molecule has 0 aliphatic rings. The Bertz CT molecular complexity index is 518. The van der Waals surface area contributed by atoms with E-state index in [1.807, 2.05) is 54.6 Å². The smallest absolute Gasteiger partial charge is 0.119 e. The van der Waals surface area contributed by atoms with Crippen LogP contribution < -0.4 is 4.74 Å². The molecule has 0 saturated heterocycles. The molecule has 0 spiro atoms. The largest absolute Gasteiger partial charge is 0.489 e. The minimum absolute atomic E-state index is 0.548. The van der Waals surface area contributed by atoms with Crippen LogP contribution in [0, 0.1) is 4.91 Å². The van der Waals surface area contributed by atoms with Crippen molar-refractivity contribution in [2.75, 3.05) is 0 Å². The van der Waals surface area contributed by atoms with Gasteiger partial charge in [0.1, 0.15) is 12.4 Å². The van der Waals surface area contributed by atoms with Crippen LogP contribution in [0.4, 0.5) is 0 Å². The summed E-state index contributed by atoms with van der Waals surface area (Å²) in [6.07, 6.45) is 2.87. The minimum Gasteiger partial charge on any atom is -0.489 e. The molecule has 2 aromatic rings. The summed E-state index contributed by atoms with van der Waals surface area (Å²) in [4.78, 5) is 9.94. The third-order valence-electron chi connectivity index (χ3n) is 2.46. The van der Waals surface area contributed by atoms with E-state index in [2.05, 4.69) is 5.18 Å². The molecule has 3 nitrogen and oxygen atoms in total. The SMILES string of the molecule is O=N/C=C/c1ccc(OCc2ccccc2)cc1. The Morgan fingerprint density at radius 1 is 1.00 bits per heavy atom. The van der Waals surface area contributed by atoms with Crippen molar-refractivity contribution in [2.45, 2.75) is 6.61 Å². The summed E-state index contributed by atoms with van der Waals surface area (Å²) in [5.41, 5.74) is 2.05. The van der Waals surface area contributed by atoms with E-state index in [0.717, 1.165) is 16.9 Å². The Balaban J connectivity index is 1.94. The quantitative estimate of drug-likeness (QED) is 0.739. The Hall–Kier alpha value is -2.42. The highest BCUT2D eigenvalue weighted by molar-refractivity contribution is 5.50. The minimum atomic E-state index is 0.548. The van der Waals surface area contributed by atoms with Crippen LogP contribution in [0.1, 0.15) is 11.1 Å². The van der Waals surface area contributed by atoms with Crippen molar-refractivity contribution >= 4 is 6.08 Å². The first-order chi connectivity index (χ1) is 8.88. The molecular formula is C15H13NO2. The molecule has 0 heterocycles. The molecule has 0 aromatic heterocycles. The van der Waals surface area contributed by atoms with Gasteiger partial charge < -0.3 is 4.74 Å². The Kier molecular flexibility index (Phi) is 4.25. The van der Waals surface area contributed by atoms with Gasteiger partial charge >= 0.3 is 0 Å². The summed E-state index contributed by atoms with van der Waals surface area (Å²) in [6, 6.07) is 17.5. The first-order valence-corrected chi connectivity index (χ1v) is 5.64. The van der Waals surface area contributed by atoms with Gasteiger partial charge in [0.05, 0.1) is 6.20 Å². The second-order valence-electron chi connectivity index (χ2n) is 3.76. The first-order valence-electron chi connectivity index (χ1n) is 5.64. The van der Waals surface area contributed by atoms with Gasteiger partial charge in [0.25, 0.3) is 0 Å². The van der Waals surface area contributed by atoms with E-state index in [0.29, 0.717) is 6.61 Å². The van der Waals surface area contributed by atoms with E-state index in [9.17, 15) is 4.91 Å². The van der Waals surface area contributed by atoms with Gasteiger partial charge in [-0.3, -0.25) is 0 Å². The average molecular weight is 239 g/mol. The predicted molar refractivity (Wildman–Crippen MR) is 72.0 cm³/mol. The zero-order valence-electron chi connectivity index (χ0n) is 9.82. The molecule has 0 unspecified atom stereocenters. The number of ether oxygens (including phenoxy) is 1. The topological polar surface area (TPSA) is 38.7 Å². The van der Waals surface area contributed by atoms with E-state index < -0.39 is 0 Å². The number of nitrogens with zero attached hydrogens (tertiary/aromatic N) is 1. The second-order valence-corrected chi connectivity index (χ2v) is 3.76. The van der Waals surface area contributed by atoms with E-state index in [-0.39, 0.29) is 0 Å². The van der Waals surface area contributed by atoms with Crippen molar-refractivity contribution in [1.82, 2.24) is 0 Å². The molecule has 0 amide bonds. The van der Waals surface area contributed by atoms with Gasteiger partial charge in [-0.15, -0.1) is 4.91 Å². The summed E-state index contributed by atoms with van der Waals surface area (Å²) in [5, 5.41) is 2.67. The Labute approximate surface area is 106 Å². The fourth-order valence-corrected chi connectivity index (χ4v) is 1.53. The molecule has 18 heavy (non-hydrogen) atoms. The Morgan fingerprint density at radius 3 is 2.39 bits per heavy atom. The van der Waals surface area contributed by atoms with Crippen molar-refractivity contribution in [2.24, 2.45) is 5.18 Å². The summed E-state index contributed by atoms with van der Waals surface area (Å²) < 4.78 is 5.64. The van der Waals surface area contributed by atoms with Crippen LogP contribution in [0.2, 0.25) is 0 Å². The molecule has 2 aromatic carbocycles. The Morgan fingerprint density at radius 2 is 1.72 bits per heavy atom. The highest BCUT2D eigenvalue weighted by atomic mass is 16.5. The molecule has 0 bridgehead atoms. The zero-order chi connectivity index (χ0) is 12.6. The maximum atomic E-state index is 9.94. The maximum Gasteiger partial charge on any atom is 0.119 e. The first kappa shape index (κ1) is 12.0. The standard InChI is InChI=1S/C15H13NO2/c17-16-11-10-13-6-8-15(9-7-13)18-12-14-4-2-1-3-5-14/h1-11H,12H2/b11-10+. The lowest BCUT2D eigenvalue weighted by Crippen LogP contribution is -1.94. The molecule has 0 saturated carbocycles. The molecule has 0 radical (unpaired) electrons. The molecule has 0 aliphatic carbocycles. The van der Waals surface area contributed by atoms with Gasteiger partial charge in [0.2, 0.25) is 0 Å². The average Bonchev–Trinajstić information content (AvgIpc) is 2.45. The van der Waals surface area contributed by atoms with Gasteiger partial charge in [-0.25, -0.2) is 0 Å². The molecule has 0 N–H and O–H groups in total. The van der Waals surface area contributed by atoms with Crippen molar-refractivity contribution in [3.8, 4) is 5.75 Å². The lowest BCUT2D eigenvalue weighted by Gasteiger charge is -2.06. The number of hydrogen-bond acceptors (Lipinski definition) is 3. The molecule has 0 atom stereocenters. The summed E-state index contributed by atoms with van der Waals surface area (Å²) in [5.74, 6) is 0.801. The van der Waals surface area contributed by atoms with E-state index in [1.54, 1.807) is 6.08 Å². The highest BCUT2D eigenvalue weighted by Gasteiger charge is 1.95. The van der Waals surface area contributed by atoms with Crippen molar-refractivity contribution < 1.29 is 4.74 Å². The van der Waals surface area contributed by atoms with Crippen LogP contribution >= 0.6 is 0 Å². The highest BCUT2D eigenvalue weighted by Crippen LogP contribution is 2.15. The third kappa shape index (κ3) is 3.56. The van der Waals surface area contributed by atoms with Crippen LogP contribution in [0.25, 0.3) is 6.08 Å². The molecular weight excluding hydrogens is 226 g/mol. The fraction of sp³-hybridized carbons (Fsp3) is 0.0667. The molecule has 0 fully saturated rings. The lowest BCUT2D eigenvalue weighted by molar-refractivity contribution is 0.306. The van der Waals surface area contributed by atoms with Gasteiger partial charge in [-0.2, -0.15) is 0 Å². The number of hydrogen-bond donors (Lipinski definition) is 0. The van der Waals surface area contributed by atoms with Crippen LogP contribution in [-0.2, 0) is 6.61 Å². The van der Waals surface area contributed by atoms with E-state index in [4.69, 9.17) is 4.74 Å². The van der Waals surface area contributed by atoms with Gasteiger partial charge in [-0.05, 0) is 34.5 Å². The zero-order valence-corrected chi connectivity index (χ0v) is 9.82. The summed E-state index contributed by atoms with van der Waals surface area (Å²) in [6.45, 7) is 0.548. The predicted octanol–water partition coefficient (Wildman–Crippen LogP) is 4.00. The monoisotopic (exact) mass is 239 g/mol. The van der Waals surface area contributed by atoms with E-state index >= 15 is 0 Å². The van der Waals surface area contributed by atoms with Crippen LogP contribution in [-0.4, -0.2) is 0 Å². The maximum absolute atomic E-state index is 9.94. The number of nitroso groups, excluding NO2 is 1. The van der Waals surface area contributed by atoms with Crippen molar-refractivity contribution in [3.63, 3.8) is 0 Å². The van der Waals surface area contributed by atoms with Crippen molar-refractivity contribution in [1.29, 1.82) is 0 Å². The second kappa shape index (κ2) is 6.35. The normalized spacial score (nSPS) is 10.4. The molecule has 0 aliphatic heterocycles. The van der Waals surface area contributed by atoms with Gasteiger partial charge in [0, 0.05) is 0 Å². The fourth-order valence-electron chi connectivity index (χ4n) is 1.53. The van der Waals surface area contributed by atoms with Gasteiger partial charge in [0.15, 0.2) is 0 Å². The summed E-state index contributed by atoms with van der Waals surface area (Å²) in [7, 11) is 0. The molecule has 2 rings (SSSR count). The van der Waals surface area contributed by atoms with E-state index in [1.165, 1.54) is 6.20 Å².